The Hall–Kier alpha value is -0.950. The van der Waals surface area contributed by atoms with Gasteiger partial charge in [-0.15, -0.1) is 0 Å². The first kappa shape index (κ1) is 8.64. The Bertz CT molecular complexity index is 417. The number of fused-ring (bicyclic) bond motifs is 1. The van der Waals surface area contributed by atoms with E-state index in [0.29, 0.717) is 0 Å². The molecule has 0 unspecified atom stereocenters. The molecule has 0 bridgehead atoms. The predicted molar refractivity (Wildman–Crippen MR) is 57.2 cm³/mol. The molecule has 0 amide bonds. The summed E-state index contributed by atoms with van der Waals surface area (Å²) < 4.78 is 1.76. The van der Waals surface area contributed by atoms with Crippen molar-refractivity contribution in [2.45, 2.75) is 19.8 Å². The molecule has 1 nitrogen and oxygen atoms in total. The van der Waals surface area contributed by atoms with E-state index in [1.165, 1.54) is 11.1 Å². The number of rotatable bonds is 2. The van der Waals surface area contributed by atoms with Gasteiger partial charge in [0.1, 0.15) is 0 Å². The van der Waals surface area contributed by atoms with E-state index in [1.807, 2.05) is 18.2 Å². The highest BCUT2D eigenvalue weighted by Crippen LogP contribution is 2.21. The van der Waals surface area contributed by atoms with Crippen LogP contribution >= 0.6 is 11.8 Å². The maximum atomic E-state index is 6.15. The second kappa shape index (κ2) is 3.43. The van der Waals surface area contributed by atoms with Crippen LogP contribution in [0.1, 0.15) is 19.0 Å². The van der Waals surface area contributed by atoms with Crippen molar-refractivity contribution in [3.8, 4) is 0 Å². The van der Waals surface area contributed by atoms with Crippen LogP contribution in [0.25, 0.3) is 10.9 Å². The van der Waals surface area contributed by atoms with Gasteiger partial charge in [0.2, 0.25) is 0 Å². The summed E-state index contributed by atoms with van der Waals surface area (Å²) in [7, 11) is 0. The van der Waals surface area contributed by atoms with Crippen molar-refractivity contribution in [2.75, 3.05) is 0 Å². The lowest BCUT2D eigenvalue weighted by Gasteiger charge is -1.97. The van der Waals surface area contributed by atoms with Crippen molar-refractivity contribution in [1.82, 2.24) is 4.09 Å². The van der Waals surface area contributed by atoms with Gasteiger partial charge in [0.25, 0.3) is 0 Å². The minimum atomic E-state index is 1.04. The Kier molecular flexibility index (Phi) is 2.28. The summed E-state index contributed by atoms with van der Waals surface area (Å²) in [5.74, 6) is 0. The van der Waals surface area contributed by atoms with Crippen molar-refractivity contribution in [3.05, 3.63) is 36.0 Å². The second-order valence-electron chi connectivity index (χ2n) is 3.23. The smallest absolute Gasteiger partial charge is 0.0650 e. The minimum absolute atomic E-state index is 1.04. The molecule has 1 aromatic heterocycles. The summed E-state index contributed by atoms with van der Waals surface area (Å²) in [4.78, 5) is 0. The first-order valence-electron chi connectivity index (χ1n) is 4.58. The number of para-hydroxylation sites is 1. The lowest BCUT2D eigenvalue weighted by Crippen LogP contribution is -1.88. The van der Waals surface area contributed by atoms with Crippen LogP contribution in [0.2, 0.25) is 0 Å². The summed E-state index contributed by atoms with van der Waals surface area (Å²) in [6, 6.07) is 10.3. The van der Waals surface area contributed by atoms with E-state index < -0.39 is 0 Å². The van der Waals surface area contributed by atoms with Gasteiger partial charge in [-0.3, -0.25) is 4.09 Å². The lowest BCUT2D eigenvalue weighted by molar-refractivity contribution is 0.881. The quantitative estimate of drug-likeness (QED) is 0.687. The predicted octanol–water partition coefficient (Wildman–Crippen LogP) is 3.60. The van der Waals surface area contributed by atoms with Crippen LogP contribution in [-0.2, 0) is 6.42 Å². The normalized spacial score (nSPS) is 10.9. The average Bonchev–Trinajstić information content (AvgIpc) is 2.46. The van der Waals surface area contributed by atoms with Crippen LogP contribution in [-0.4, -0.2) is 4.09 Å². The van der Waals surface area contributed by atoms with Crippen LogP contribution in [0.4, 0.5) is 0 Å². The average molecular weight is 194 g/mol. The molecule has 13 heavy (non-hydrogen) atoms. The monoisotopic (exact) mass is 193 g/mol. The SMILES string of the molecule is CCCc1cc2ccccc2n1Cl. The van der Waals surface area contributed by atoms with E-state index in [-0.39, 0.29) is 0 Å². The van der Waals surface area contributed by atoms with Gasteiger partial charge in [-0.25, -0.2) is 0 Å². The Morgan fingerprint density at radius 1 is 1.31 bits per heavy atom. The first-order valence-corrected chi connectivity index (χ1v) is 4.92. The summed E-state index contributed by atoms with van der Waals surface area (Å²) >= 11 is 6.15. The van der Waals surface area contributed by atoms with E-state index in [9.17, 15) is 0 Å². The number of aryl methyl sites for hydroxylation is 1. The Morgan fingerprint density at radius 2 is 2.08 bits per heavy atom. The van der Waals surface area contributed by atoms with Gasteiger partial charge in [-0.1, -0.05) is 31.5 Å². The molecule has 68 valence electrons. The largest absolute Gasteiger partial charge is 0.257 e. The summed E-state index contributed by atoms with van der Waals surface area (Å²) in [5.41, 5.74) is 2.30. The van der Waals surface area contributed by atoms with Crippen LogP contribution in [0.3, 0.4) is 0 Å². The van der Waals surface area contributed by atoms with Crippen molar-refractivity contribution in [1.29, 1.82) is 0 Å². The fourth-order valence-electron chi connectivity index (χ4n) is 1.61. The molecule has 0 fully saturated rings. The zero-order valence-corrected chi connectivity index (χ0v) is 8.38. The van der Waals surface area contributed by atoms with Gasteiger partial charge in [0, 0.05) is 22.9 Å². The third-order valence-corrected chi connectivity index (χ3v) is 2.63. The van der Waals surface area contributed by atoms with Crippen LogP contribution in [0.5, 0.6) is 0 Å². The van der Waals surface area contributed by atoms with Crippen molar-refractivity contribution >= 4 is 22.7 Å². The fraction of sp³-hybridized carbons (Fsp3) is 0.273. The zero-order chi connectivity index (χ0) is 9.26. The summed E-state index contributed by atoms with van der Waals surface area (Å²) in [6.07, 6.45) is 2.17. The number of nitrogens with zero attached hydrogens (tertiary/aromatic N) is 1. The molecule has 0 aliphatic rings. The number of halogens is 1. The molecule has 0 atom stereocenters. The first-order chi connectivity index (χ1) is 6.33. The van der Waals surface area contributed by atoms with Crippen LogP contribution in [0.15, 0.2) is 30.3 Å². The number of hydrogen-bond acceptors (Lipinski definition) is 0. The Morgan fingerprint density at radius 3 is 2.77 bits per heavy atom. The van der Waals surface area contributed by atoms with E-state index >= 15 is 0 Å². The molecule has 2 aromatic rings. The number of hydrogen-bond donors (Lipinski definition) is 0. The molecule has 0 radical (unpaired) electrons. The molecule has 2 heteroatoms. The fourth-order valence-corrected chi connectivity index (χ4v) is 1.89. The standard InChI is InChI=1S/C11H12ClN/c1-2-5-10-8-9-6-3-4-7-11(9)13(10)12/h3-4,6-8H,2,5H2,1H3. The Balaban J connectivity index is 2.60. The highest BCUT2D eigenvalue weighted by atomic mass is 35.5. The zero-order valence-electron chi connectivity index (χ0n) is 7.63. The van der Waals surface area contributed by atoms with Crippen molar-refractivity contribution in [2.24, 2.45) is 0 Å². The van der Waals surface area contributed by atoms with Crippen molar-refractivity contribution < 1.29 is 0 Å². The van der Waals surface area contributed by atoms with Gasteiger partial charge in [-0.05, 0) is 18.6 Å². The topological polar surface area (TPSA) is 4.93 Å². The molecule has 0 N–H and O–H groups in total. The third-order valence-electron chi connectivity index (χ3n) is 2.23. The third kappa shape index (κ3) is 1.44. The second-order valence-corrected chi connectivity index (χ2v) is 3.56. The van der Waals surface area contributed by atoms with Crippen LogP contribution in [0, 0.1) is 0 Å². The molecule has 0 aliphatic carbocycles. The van der Waals surface area contributed by atoms with Crippen molar-refractivity contribution in [3.63, 3.8) is 0 Å². The molecule has 0 spiro atoms. The highest BCUT2D eigenvalue weighted by Gasteiger charge is 2.04. The molecule has 1 heterocycles. The van der Waals surface area contributed by atoms with E-state index in [4.69, 9.17) is 11.8 Å². The Labute approximate surface area is 83.0 Å². The van der Waals surface area contributed by atoms with Gasteiger partial charge in [0.05, 0.1) is 5.52 Å². The number of benzene rings is 1. The maximum Gasteiger partial charge on any atom is 0.0650 e. The minimum Gasteiger partial charge on any atom is -0.257 e. The van der Waals surface area contributed by atoms with Gasteiger partial charge < -0.3 is 0 Å². The van der Waals surface area contributed by atoms with E-state index in [0.717, 1.165) is 18.4 Å². The summed E-state index contributed by atoms with van der Waals surface area (Å²) in [5, 5.41) is 1.22. The molecule has 0 saturated heterocycles. The molecule has 0 saturated carbocycles. The molecular formula is C11H12ClN. The lowest BCUT2D eigenvalue weighted by atomic mass is 10.2. The van der Waals surface area contributed by atoms with E-state index in [1.54, 1.807) is 4.09 Å². The molecule has 0 aliphatic heterocycles. The number of aromatic nitrogens is 1. The summed E-state index contributed by atoms with van der Waals surface area (Å²) in [6.45, 7) is 2.16. The van der Waals surface area contributed by atoms with Crippen LogP contribution < -0.4 is 0 Å². The molecule has 2 rings (SSSR count). The highest BCUT2D eigenvalue weighted by molar-refractivity contribution is 6.19. The maximum absolute atomic E-state index is 6.15. The molecular weight excluding hydrogens is 182 g/mol. The van der Waals surface area contributed by atoms with E-state index in [2.05, 4.69) is 19.1 Å². The van der Waals surface area contributed by atoms with Gasteiger partial charge >= 0.3 is 0 Å². The van der Waals surface area contributed by atoms with Gasteiger partial charge in [-0.2, -0.15) is 0 Å². The van der Waals surface area contributed by atoms with Gasteiger partial charge in [0.15, 0.2) is 0 Å². The molecule has 1 aromatic carbocycles.